The molecule has 1 N–H and O–H groups in total. The summed E-state index contributed by atoms with van der Waals surface area (Å²) in [5, 5.41) is 1.72. The average molecular weight is 479 g/mol. The van der Waals surface area contributed by atoms with Crippen molar-refractivity contribution in [2.24, 2.45) is 0 Å². The first kappa shape index (κ1) is 22.1. The van der Waals surface area contributed by atoms with Gasteiger partial charge in [0.05, 0.1) is 17.7 Å². The molecular formula is C27H31ClN4O2. The molecule has 0 saturated carbocycles. The van der Waals surface area contributed by atoms with E-state index in [0.717, 1.165) is 62.0 Å². The van der Waals surface area contributed by atoms with Crippen LogP contribution in [0.25, 0.3) is 10.9 Å². The van der Waals surface area contributed by atoms with Gasteiger partial charge in [0.25, 0.3) is 5.91 Å². The second-order valence-electron chi connectivity index (χ2n) is 10.0. The number of nitrogens with zero attached hydrogens (tertiary/aromatic N) is 3. The Morgan fingerprint density at radius 2 is 1.82 bits per heavy atom. The van der Waals surface area contributed by atoms with Crippen molar-refractivity contribution in [2.75, 3.05) is 46.3 Å². The van der Waals surface area contributed by atoms with E-state index >= 15 is 0 Å². The first-order valence-electron chi connectivity index (χ1n) is 12.2. The highest BCUT2D eigenvalue weighted by atomic mass is 35.5. The maximum absolute atomic E-state index is 13.4. The van der Waals surface area contributed by atoms with E-state index in [9.17, 15) is 4.79 Å². The molecule has 4 heterocycles. The number of H-pyrrole nitrogens is 1. The van der Waals surface area contributed by atoms with Gasteiger partial charge in [-0.15, -0.1) is 0 Å². The number of aromatic amines is 1. The highest BCUT2D eigenvalue weighted by molar-refractivity contribution is 6.31. The summed E-state index contributed by atoms with van der Waals surface area (Å²) in [6.45, 7) is 7.11. The quantitative estimate of drug-likeness (QED) is 0.612. The van der Waals surface area contributed by atoms with Gasteiger partial charge < -0.3 is 19.5 Å². The molecule has 2 fully saturated rings. The van der Waals surface area contributed by atoms with E-state index in [1.807, 2.05) is 23.1 Å². The number of nitrogens with one attached hydrogen (secondary N) is 1. The molecule has 6 nitrogen and oxygen atoms in total. The Morgan fingerprint density at radius 1 is 1.06 bits per heavy atom. The minimum Gasteiger partial charge on any atom is -0.365 e. The summed E-state index contributed by atoms with van der Waals surface area (Å²) in [5.74, 6) is 0.0546. The monoisotopic (exact) mass is 478 g/mol. The van der Waals surface area contributed by atoms with Crippen LogP contribution in [0.4, 0.5) is 0 Å². The minimum atomic E-state index is -0.239. The van der Waals surface area contributed by atoms with Crippen LogP contribution in [0.1, 0.15) is 40.0 Å². The van der Waals surface area contributed by atoms with Crippen molar-refractivity contribution in [3.63, 3.8) is 0 Å². The number of likely N-dealkylation sites (tertiary alicyclic amines) is 1. The molecule has 7 heteroatoms. The Morgan fingerprint density at radius 3 is 2.62 bits per heavy atom. The van der Waals surface area contributed by atoms with Gasteiger partial charge >= 0.3 is 0 Å². The summed E-state index contributed by atoms with van der Waals surface area (Å²) in [5.41, 5.74) is 5.16. The van der Waals surface area contributed by atoms with Crippen LogP contribution < -0.4 is 0 Å². The minimum absolute atomic E-state index is 0.0546. The van der Waals surface area contributed by atoms with Crippen LogP contribution in [0.15, 0.2) is 42.5 Å². The van der Waals surface area contributed by atoms with E-state index in [1.165, 1.54) is 11.1 Å². The molecule has 3 aromatic rings. The largest absolute Gasteiger partial charge is 0.365 e. The van der Waals surface area contributed by atoms with Crippen molar-refractivity contribution in [3.8, 4) is 0 Å². The van der Waals surface area contributed by atoms with Gasteiger partial charge in [-0.1, -0.05) is 35.9 Å². The predicted molar refractivity (Wildman–Crippen MR) is 134 cm³/mol. The van der Waals surface area contributed by atoms with E-state index in [4.69, 9.17) is 16.3 Å². The van der Waals surface area contributed by atoms with Crippen LogP contribution >= 0.6 is 11.6 Å². The SMILES string of the molecule is CN1CCN(Cc2cc(Cl)cc3cc(C(=O)N4CCC5(CC4)OCc4ccccc45)[nH]c23)CC1. The molecule has 1 aromatic heterocycles. The van der Waals surface area contributed by atoms with Gasteiger partial charge in [-0.25, -0.2) is 0 Å². The standard InChI is InChI=1S/C27H31ClN4O2/c1-30-10-12-31(13-11-30)17-21-15-22(28)14-20-16-24(29-25(20)21)26(33)32-8-6-27(7-9-32)23-5-3-2-4-19(23)18-34-27/h2-5,14-16,29H,6-13,17-18H2,1H3. The molecular weight excluding hydrogens is 448 g/mol. The van der Waals surface area contributed by atoms with E-state index in [-0.39, 0.29) is 11.5 Å². The van der Waals surface area contributed by atoms with Gasteiger partial charge in [-0.2, -0.15) is 0 Å². The normalized spacial score (nSPS) is 20.8. The third kappa shape index (κ3) is 3.93. The number of halogens is 1. The number of carbonyl (C=O) groups excluding carboxylic acids is 1. The number of piperidine rings is 1. The fourth-order valence-electron chi connectivity index (χ4n) is 5.81. The molecule has 0 unspecified atom stereocenters. The molecule has 1 amide bonds. The summed E-state index contributed by atoms with van der Waals surface area (Å²) >= 11 is 6.46. The fraction of sp³-hybridized carbons (Fsp3) is 0.444. The topological polar surface area (TPSA) is 51.8 Å². The number of carbonyl (C=O) groups is 1. The number of likely N-dealkylation sites (N-methyl/N-ethyl adjacent to an activating group) is 1. The Balaban J connectivity index is 1.20. The predicted octanol–water partition coefficient (Wildman–Crippen LogP) is 4.23. The zero-order chi connectivity index (χ0) is 23.3. The zero-order valence-corrected chi connectivity index (χ0v) is 20.4. The van der Waals surface area contributed by atoms with E-state index in [1.54, 1.807) is 0 Å². The lowest BCUT2D eigenvalue weighted by atomic mass is 9.84. The summed E-state index contributed by atoms with van der Waals surface area (Å²) in [7, 11) is 2.16. The molecule has 0 bridgehead atoms. The van der Waals surface area contributed by atoms with Gasteiger partial charge in [0.1, 0.15) is 5.69 Å². The first-order chi connectivity index (χ1) is 16.5. The molecule has 3 aliphatic heterocycles. The molecule has 34 heavy (non-hydrogen) atoms. The summed E-state index contributed by atoms with van der Waals surface area (Å²) in [6, 6.07) is 14.4. The van der Waals surface area contributed by atoms with Crippen molar-refractivity contribution in [1.29, 1.82) is 0 Å². The molecule has 178 valence electrons. The Labute approximate surface area is 205 Å². The number of piperazine rings is 1. The zero-order valence-electron chi connectivity index (χ0n) is 19.6. The van der Waals surface area contributed by atoms with Crippen molar-refractivity contribution in [3.05, 3.63) is 69.9 Å². The fourth-order valence-corrected chi connectivity index (χ4v) is 6.05. The number of benzene rings is 2. The van der Waals surface area contributed by atoms with E-state index < -0.39 is 0 Å². The van der Waals surface area contributed by atoms with Crippen LogP contribution in [0, 0.1) is 0 Å². The number of amides is 1. The highest BCUT2D eigenvalue weighted by Gasteiger charge is 2.43. The third-order valence-corrected chi connectivity index (χ3v) is 8.08. The Kier molecular flexibility index (Phi) is 5.65. The summed E-state index contributed by atoms with van der Waals surface area (Å²) in [4.78, 5) is 23.7. The first-order valence-corrected chi connectivity index (χ1v) is 12.6. The number of hydrogen-bond donors (Lipinski definition) is 1. The molecule has 0 atom stereocenters. The number of hydrogen-bond acceptors (Lipinski definition) is 4. The van der Waals surface area contributed by atoms with Crippen molar-refractivity contribution in [1.82, 2.24) is 19.7 Å². The van der Waals surface area contributed by atoms with Crippen molar-refractivity contribution in [2.45, 2.75) is 31.6 Å². The molecule has 0 radical (unpaired) electrons. The molecule has 1 spiro atoms. The van der Waals surface area contributed by atoms with E-state index in [0.29, 0.717) is 30.4 Å². The second-order valence-corrected chi connectivity index (χ2v) is 10.5. The number of rotatable bonds is 3. The van der Waals surface area contributed by atoms with Crippen LogP contribution in [0.5, 0.6) is 0 Å². The third-order valence-electron chi connectivity index (χ3n) is 7.87. The van der Waals surface area contributed by atoms with Crippen LogP contribution in [-0.2, 0) is 23.5 Å². The van der Waals surface area contributed by atoms with Gasteiger partial charge in [0.15, 0.2) is 0 Å². The maximum atomic E-state index is 13.4. The molecule has 3 aliphatic rings. The molecule has 0 aliphatic carbocycles. The number of aromatic nitrogens is 1. The lowest BCUT2D eigenvalue weighted by molar-refractivity contribution is -0.0742. The second kappa shape index (κ2) is 8.68. The number of ether oxygens (including phenoxy) is 1. The van der Waals surface area contributed by atoms with Gasteiger partial charge in [0, 0.05) is 56.2 Å². The molecule has 6 rings (SSSR count). The average Bonchev–Trinajstić information content (AvgIpc) is 3.43. The Bertz CT molecular complexity index is 1220. The van der Waals surface area contributed by atoms with Crippen LogP contribution in [-0.4, -0.2) is 71.9 Å². The van der Waals surface area contributed by atoms with Crippen molar-refractivity contribution >= 4 is 28.4 Å². The van der Waals surface area contributed by atoms with Crippen LogP contribution in [0.2, 0.25) is 5.02 Å². The Hall–Kier alpha value is -2.38. The van der Waals surface area contributed by atoms with Gasteiger partial charge in [-0.05, 0) is 54.8 Å². The van der Waals surface area contributed by atoms with Crippen LogP contribution in [0.3, 0.4) is 0 Å². The molecule has 2 saturated heterocycles. The lowest BCUT2D eigenvalue weighted by Gasteiger charge is -2.39. The molecule has 2 aromatic carbocycles. The highest BCUT2D eigenvalue weighted by Crippen LogP contribution is 2.44. The van der Waals surface area contributed by atoms with E-state index in [2.05, 4.69) is 46.1 Å². The number of fused-ring (bicyclic) bond motifs is 3. The smallest absolute Gasteiger partial charge is 0.270 e. The lowest BCUT2D eigenvalue weighted by Crippen LogP contribution is -2.45. The summed E-state index contributed by atoms with van der Waals surface area (Å²) < 4.78 is 6.27. The van der Waals surface area contributed by atoms with Gasteiger partial charge in [0.2, 0.25) is 0 Å². The maximum Gasteiger partial charge on any atom is 0.270 e. The van der Waals surface area contributed by atoms with Crippen molar-refractivity contribution < 1.29 is 9.53 Å². The summed E-state index contributed by atoms with van der Waals surface area (Å²) in [6.07, 6.45) is 1.66. The van der Waals surface area contributed by atoms with Gasteiger partial charge in [-0.3, -0.25) is 9.69 Å².